The van der Waals surface area contributed by atoms with Gasteiger partial charge in [0, 0.05) is 17.7 Å². The molecule has 2 atom stereocenters. The number of hydrogen-bond acceptors (Lipinski definition) is 9. The fraction of sp³-hybridized carbons (Fsp3) is 0.238. The van der Waals surface area contributed by atoms with E-state index in [1.165, 1.54) is 26.2 Å². The van der Waals surface area contributed by atoms with Crippen molar-refractivity contribution in [3.63, 3.8) is 0 Å². The lowest BCUT2D eigenvalue weighted by molar-refractivity contribution is -0.384. The number of hydroxylamine groups is 2. The number of benzene rings is 1. The lowest BCUT2D eigenvalue weighted by Crippen LogP contribution is -2.51. The van der Waals surface area contributed by atoms with Gasteiger partial charge in [0.1, 0.15) is 17.6 Å². The van der Waals surface area contributed by atoms with Gasteiger partial charge in [-0.05, 0) is 25.1 Å². The van der Waals surface area contributed by atoms with Crippen LogP contribution in [0, 0.1) is 10.1 Å². The summed E-state index contributed by atoms with van der Waals surface area (Å²) in [5, 5.41) is 11.7. The molecular weight excluding hydrogens is 463 g/mol. The highest BCUT2D eigenvalue weighted by atomic mass is 19.2. The summed E-state index contributed by atoms with van der Waals surface area (Å²) in [6.07, 6.45) is -2.04. The molecule has 34 heavy (non-hydrogen) atoms. The van der Waals surface area contributed by atoms with Gasteiger partial charge in [-0.15, -0.1) is 5.06 Å². The summed E-state index contributed by atoms with van der Waals surface area (Å²) >= 11 is 0. The zero-order valence-electron chi connectivity index (χ0n) is 17.9. The predicted octanol–water partition coefficient (Wildman–Crippen LogP) is 3.21. The van der Waals surface area contributed by atoms with Crippen LogP contribution in [-0.2, 0) is 19.1 Å². The van der Waals surface area contributed by atoms with Crippen molar-refractivity contribution < 1.29 is 42.0 Å². The summed E-state index contributed by atoms with van der Waals surface area (Å²) < 4.78 is 53.5. The van der Waals surface area contributed by atoms with Gasteiger partial charge in [0.25, 0.3) is 5.69 Å². The van der Waals surface area contributed by atoms with Crippen molar-refractivity contribution in [2.75, 3.05) is 14.2 Å². The van der Waals surface area contributed by atoms with E-state index in [-0.39, 0.29) is 28.7 Å². The Morgan fingerprint density at radius 1 is 1.24 bits per heavy atom. The summed E-state index contributed by atoms with van der Waals surface area (Å²) in [4.78, 5) is 43.7. The molecule has 0 spiro atoms. The first-order valence-corrected chi connectivity index (χ1v) is 9.44. The predicted molar refractivity (Wildman–Crippen MR) is 110 cm³/mol. The van der Waals surface area contributed by atoms with Crippen LogP contribution in [0.3, 0.4) is 0 Å². The number of esters is 1. The van der Waals surface area contributed by atoms with E-state index >= 15 is 4.39 Å². The normalized spacial score (nSPS) is 20.4. The Hall–Kier alpha value is -4.38. The second-order valence-corrected chi connectivity index (χ2v) is 6.84. The Kier molecular flexibility index (Phi) is 6.87. The van der Waals surface area contributed by atoms with E-state index in [0.717, 1.165) is 30.2 Å². The average Bonchev–Trinajstić information content (AvgIpc) is 2.82. The molecular formula is C21H16F3N3O7. The summed E-state index contributed by atoms with van der Waals surface area (Å²) in [7, 11) is 2.22. The lowest BCUT2D eigenvalue weighted by Gasteiger charge is -2.38. The van der Waals surface area contributed by atoms with Crippen LogP contribution >= 0.6 is 0 Å². The van der Waals surface area contributed by atoms with Crippen molar-refractivity contribution in [2.24, 2.45) is 4.99 Å². The molecule has 0 fully saturated rings. The van der Waals surface area contributed by atoms with E-state index < -0.39 is 45.9 Å². The third-order valence-electron chi connectivity index (χ3n) is 4.90. The summed E-state index contributed by atoms with van der Waals surface area (Å²) in [6.45, 7) is 1.36. The quantitative estimate of drug-likeness (QED) is 0.273. The number of alkyl halides is 1. The largest absolute Gasteiger partial charge is 0.466 e. The number of rotatable bonds is 5. The first kappa shape index (κ1) is 24.3. The van der Waals surface area contributed by atoms with Crippen LogP contribution in [0.4, 0.5) is 18.9 Å². The Bertz CT molecular complexity index is 1210. The summed E-state index contributed by atoms with van der Waals surface area (Å²) in [5.41, 5.74) is -2.44. The molecule has 1 aliphatic heterocycles. The molecule has 178 valence electrons. The molecule has 2 unspecified atom stereocenters. The number of non-ortho nitro benzene ring substituents is 1. The van der Waals surface area contributed by atoms with Gasteiger partial charge in [0.05, 0.1) is 30.4 Å². The number of aliphatic imine (C=N–C) groups is 1. The number of carbonyl (C=O) groups excluding carboxylic acids is 2. The smallest absolute Gasteiger partial charge is 0.338 e. The number of nitro groups is 1. The topological polar surface area (TPSA) is 121 Å². The maximum atomic E-state index is 15.3. The van der Waals surface area contributed by atoms with E-state index in [0.29, 0.717) is 6.08 Å². The molecule has 2 aliphatic rings. The van der Waals surface area contributed by atoms with Gasteiger partial charge in [-0.1, -0.05) is 0 Å². The van der Waals surface area contributed by atoms with Crippen molar-refractivity contribution in [3.8, 4) is 5.75 Å². The maximum absolute atomic E-state index is 15.3. The molecule has 0 saturated heterocycles. The van der Waals surface area contributed by atoms with Gasteiger partial charge >= 0.3 is 12.0 Å². The number of halogens is 3. The van der Waals surface area contributed by atoms with Crippen molar-refractivity contribution in [1.29, 1.82) is 0 Å². The number of hydrogen-bond donors (Lipinski definition) is 0. The molecule has 3 rings (SSSR count). The zero-order valence-corrected chi connectivity index (χ0v) is 17.9. The molecule has 1 aromatic rings. The second kappa shape index (κ2) is 9.63. The second-order valence-electron chi connectivity index (χ2n) is 6.84. The minimum Gasteiger partial charge on any atom is -0.466 e. The number of nitrogens with zero attached hydrogens (tertiary/aromatic N) is 3. The van der Waals surface area contributed by atoms with E-state index in [4.69, 9.17) is 14.3 Å². The maximum Gasteiger partial charge on any atom is 0.338 e. The van der Waals surface area contributed by atoms with Crippen LogP contribution in [0.15, 0.2) is 69.4 Å². The molecule has 0 saturated carbocycles. The molecule has 0 radical (unpaired) electrons. The Morgan fingerprint density at radius 2 is 1.88 bits per heavy atom. The first-order valence-electron chi connectivity index (χ1n) is 9.44. The fourth-order valence-electron chi connectivity index (χ4n) is 3.32. The number of methoxy groups -OCH3 is 2. The monoisotopic (exact) mass is 479 g/mol. The number of nitro benzene ring substituents is 1. The minimum atomic E-state index is -2.52. The zero-order chi connectivity index (χ0) is 25.2. The summed E-state index contributed by atoms with van der Waals surface area (Å²) in [6, 6.07) is 2.65. The van der Waals surface area contributed by atoms with Crippen LogP contribution < -0.4 is 4.84 Å². The Morgan fingerprint density at radius 3 is 2.41 bits per heavy atom. The SMILES string of the molecule is COC(=O)C1=C(C)N=C(OC)N(Oc2ccc([N+](=O)[O-])cc2)C1C1=CC(F)=C(F)C(=C=O)C1F. The average molecular weight is 479 g/mol. The van der Waals surface area contributed by atoms with E-state index in [1.807, 2.05) is 0 Å². The Labute approximate surface area is 190 Å². The van der Waals surface area contributed by atoms with Gasteiger partial charge < -0.3 is 14.3 Å². The van der Waals surface area contributed by atoms with E-state index in [1.54, 1.807) is 0 Å². The van der Waals surface area contributed by atoms with Crippen molar-refractivity contribution in [2.45, 2.75) is 19.1 Å². The van der Waals surface area contributed by atoms with Gasteiger partial charge in [-0.25, -0.2) is 22.8 Å². The van der Waals surface area contributed by atoms with Crippen LogP contribution in [0.5, 0.6) is 5.75 Å². The molecule has 1 aliphatic carbocycles. The minimum absolute atomic E-state index is 0.0163. The molecule has 1 aromatic carbocycles. The highest BCUT2D eigenvalue weighted by Crippen LogP contribution is 2.39. The van der Waals surface area contributed by atoms with Crippen LogP contribution in [0.25, 0.3) is 0 Å². The lowest BCUT2D eigenvalue weighted by atomic mass is 9.86. The van der Waals surface area contributed by atoms with Crippen LogP contribution in [-0.4, -0.2) is 54.4 Å². The molecule has 0 N–H and O–H groups in total. The fourth-order valence-corrected chi connectivity index (χ4v) is 3.32. The number of amidine groups is 1. The Balaban J connectivity index is 2.19. The highest BCUT2D eigenvalue weighted by molar-refractivity contribution is 5.95. The molecule has 10 nitrogen and oxygen atoms in total. The van der Waals surface area contributed by atoms with Gasteiger partial charge in [-0.3, -0.25) is 10.1 Å². The van der Waals surface area contributed by atoms with Crippen molar-refractivity contribution in [3.05, 3.63) is 74.5 Å². The highest BCUT2D eigenvalue weighted by Gasteiger charge is 2.46. The molecule has 0 aromatic heterocycles. The molecule has 0 amide bonds. The number of allylic oxidation sites excluding steroid dienone is 5. The van der Waals surface area contributed by atoms with E-state index in [9.17, 15) is 28.5 Å². The molecule has 13 heteroatoms. The first-order chi connectivity index (χ1) is 16.1. The van der Waals surface area contributed by atoms with E-state index in [2.05, 4.69) is 4.99 Å². The third kappa shape index (κ3) is 4.28. The van der Waals surface area contributed by atoms with Crippen molar-refractivity contribution in [1.82, 2.24) is 5.06 Å². The van der Waals surface area contributed by atoms with Crippen LogP contribution in [0.1, 0.15) is 6.92 Å². The molecule has 1 heterocycles. The molecule has 0 bridgehead atoms. The number of carbonyl (C=O) groups is 1. The van der Waals surface area contributed by atoms with Crippen LogP contribution in [0.2, 0.25) is 0 Å². The number of ether oxygens (including phenoxy) is 2. The van der Waals surface area contributed by atoms with Gasteiger partial charge in [0.15, 0.2) is 23.6 Å². The van der Waals surface area contributed by atoms with Crippen molar-refractivity contribution >= 4 is 23.6 Å². The third-order valence-corrected chi connectivity index (χ3v) is 4.90. The summed E-state index contributed by atoms with van der Waals surface area (Å²) in [5.74, 6) is -3.30. The standard InChI is InChI=1S/C21H16F3N3O7/c1-10-16(20(29)32-2)19(13-8-15(22)18(24)14(9-28)17(13)23)26(21(25-10)33-3)34-12-6-4-11(5-7-12)27(30)31/h4-8,17,19H,1-3H3. The van der Waals surface area contributed by atoms with Gasteiger partial charge in [0.2, 0.25) is 0 Å². The van der Waals surface area contributed by atoms with Gasteiger partial charge in [-0.2, -0.15) is 4.99 Å².